The van der Waals surface area contributed by atoms with Gasteiger partial charge in [0, 0.05) is 105 Å². The third-order valence-electron chi connectivity index (χ3n) is 5.37. The molecule has 31 heavy (non-hydrogen) atoms. The van der Waals surface area contributed by atoms with E-state index >= 15 is 0 Å². The van der Waals surface area contributed by atoms with Gasteiger partial charge in [0.15, 0.2) is 0 Å². The summed E-state index contributed by atoms with van der Waals surface area (Å²) in [5.41, 5.74) is 28.4. The summed E-state index contributed by atoms with van der Waals surface area (Å²) in [6.07, 6.45) is 3.64. The van der Waals surface area contributed by atoms with E-state index in [-0.39, 0.29) is 0 Å². The molecule has 0 amide bonds. The minimum atomic E-state index is 0.677. The number of nitrogens with one attached hydrogen (secondary N) is 2. The van der Waals surface area contributed by atoms with Crippen molar-refractivity contribution in [2.45, 2.75) is 19.3 Å². The van der Waals surface area contributed by atoms with Crippen molar-refractivity contribution in [1.29, 1.82) is 0 Å². The van der Waals surface area contributed by atoms with Crippen LogP contribution in [0.2, 0.25) is 0 Å². The first-order valence-electron chi connectivity index (χ1n) is 12.3. The molecule has 0 saturated heterocycles. The highest BCUT2D eigenvalue weighted by molar-refractivity contribution is 4.67. The molecular formula is C21H54N10. The Kier molecular flexibility index (Phi) is 23.9. The maximum absolute atomic E-state index is 5.82. The molecule has 0 bridgehead atoms. The van der Waals surface area contributed by atoms with Gasteiger partial charge in [0.05, 0.1) is 0 Å². The molecule has 0 aromatic rings. The lowest BCUT2D eigenvalue weighted by atomic mass is 10.2. The van der Waals surface area contributed by atoms with Gasteiger partial charge in [0.25, 0.3) is 0 Å². The van der Waals surface area contributed by atoms with Crippen LogP contribution in [0.4, 0.5) is 0 Å². The smallest absolute Gasteiger partial charge is 0.0110 e. The summed E-state index contributed by atoms with van der Waals surface area (Å²) in [7, 11) is 0. The highest BCUT2D eigenvalue weighted by Gasteiger charge is 2.09. The van der Waals surface area contributed by atoms with Gasteiger partial charge >= 0.3 is 0 Å². The minimum Gasteiger partial charge on any atom is -0.329 e. The summed E-state index contributed by atoms with van der Waals surface area (Å²) in [4.78, 5) is 7.39. The number of hydrogen-bond acceptors (Lipinski definition) is 10. The molecule has 0 saturated carbocycles. The Labute approximate surface area is 191 Å². The lowest BCUT2D eigenvalue weighted by Gasteiger charge is -2.28. The van der Waals surface area contributed by atoms with Gasteiger partial charge in [0.1, 0.15) is 0 Å². The average molecular weight is 447 g/mol. The maximum atomic E-state index is 5.82. The van der Waals surface area contributed by atoms with Crippen molar-refractivity contribution in [1.82, 2.24) is 25.3 Å². The molecule has 0 aliphatic carbocycles. The quantitative estimate of drug-likeness (QED) is 0.0720. The molecule has 10 nitrogen and oxygen atoms in total. The van der Waals surface area contributed by atoms with Gasteiger partial charge in [-0.3, -0.25) is 4.90 Å². The molecule has 0 aromatic heterocycles. The normalized spacial score (nSPS) is 12.0. The van der Waals surface area contributed by atoms with Gasteiger partial charge < -0.3 is 49.1 Å². The van der Waals surface area contributed by atoms with E-state index < -0.39 is 0 Å². The Morgan fingerprint density at radius 3 is 1.13 bits per heavy atom. The van der Waals surface area contributed by atoms with E-state index in [0.717, 1.165) is 85.1 Å². The van der Waals surface area contributed by atoms with Crippen molar-refractivity contribution in [3.05, 3.63) is 0 Å². The molecule has 0 atom stereocenters. The van der Waals surface area contributed by atoms with E-state index in [0.29, 0.717) is 32.7 Å². The van der Waals surface area contributed by atoms with Crippen LogP contribution in [0.5, 0.6) is 0 Å². The summed E-state index contributed by atoms with van der Waals surface area (Å²) in [6.45, 7) is 16.3. The first-order chi connectivity index (χ1) is 15.2. The van der Waals surface area contributed by atoms with Crippen LogP contribution in [-0.4, -0.2) is 133 Å². The van der Waals surface area contributed by atoms with Gasteiger partial charge in [-0.05, 0) is 25.9 Å². The maximum Gasteiger partial charge on any atom is 0.0110 e. The lowest BCUT2D eigenvalue weighted by Crippen LogP contribution is -2.43. The predicted octanol–water partition coefficient (Wildman–Crippen LogP) is -2.96. The Bertz CT molecular complexity index is 342. The number of hydrogen-bond donors (Lipinski definition) is 7. The molecule has 0 aliphatic heterocycles. The minimum absolute atomic E-state index is 0.677. The zero-order chi connectivity index (χ0) is 23.0. The molecule has 0 heterocycles. The molecule has 0 unspecified atom stereocenters. The number of unbranched alkanes of at least 4 members (excludes halogenated alkanes) is 2. The van der Waals surface area contributed by atoms with E-state index in [1.54, 1.807) is 0 Å². The summed E-state index contributed by atoms with van der Waals surface area (Å²) >= 11 is 0. The van der Waals surface area contributed by atoms with Crippen LogP contribution in [0.15, 0.2) is 0 Å². The molecule has 0 aliphatic rings. The van der Waals surface area contributed by atoms with Crippen molar-refractivity contribution in [2.75, 3.05) is 118 Å². The monoisotopic (exact) mass is 446 g/mol. The Morgan fingerprint density at radius 1 is 0.355 bits per heavy atom. The van der Waals surface area contributed by atoms with Crippen LogP contribution < -0.4 is 39.3 Å². The van der Waals surface area contributed by atoms with Crippen molar-refractivity contribution < 1.29 is 0 Å². The third-order valence-corrected chi connectivity index (χ3v) is 5.37. The highest BCUT2D eigenvalue weighted by Crippen LogP contribution is 2.02. The van der Waals surface area contributed by atoms with Crippen molar-refractivity contribution >= 4 is 0 Å². The second kappa shape index (κ2) is 24.2. The van der Waals surface area contributed by atoms with E-state index in [9.17, 15) is 0 Å². The SMILES string of the molecule is NCCNCCN(CCN)CCN(CCCCCN(CCN)CCN)CCNCCN. The van der Waals surface area contributed by atoms with Gasteiger partial charge in [0.2, 0.25) is 0 Å². The van der Waals surface area contributed by atoms with Crippen LogP contribution in [-0.2, 0) is 0 Å². The van der Waals surface area contributed by atoms with Crippen LogP contribution in [0.25, 0.3) is 0 Å². The second-order valence-corrected chi connectivity index (χ2v) is 8.03. The molecule has 0 fully saturated rings. The van der Waals surface area contributed by atoms with Gasteiger partial charge in [-0.2, -0.15) is 0 Å². The van der Waals surface area contributed by atoms with Crippen LogP contribution in [0.1, 0.15) is 19.3 Å². The molecule has 0 spiro atoms. The third kappa shape index (κ3) is 20.0. The first-order valence-corrected chi connectivity index (χ1v) is 12.3. The molecule has 188 valence electrons. The first kappa shape index (κ1) is 30.6. The van der Waals surface area contributed by atoms with Crippen molar-refractivity contribution in [3.8, 4) is 0 Å². The van der Waals surface area contributed by atoms with Crippen molar-refractivity contribution in [3.63, 3.8) is 0 Å². The fourth-order valence-electron chi connectivity index (χ4n) is 3.61. The van der Waals surface area contributed by atoms with E-state index in [1.165, 1.54) is 19.3 Å². The number of nitrogens with two attached hydrogens (primary N) is 5. The highest BCUT2D eigenvalue weighted by atomic mass is 15.2. The Morgan fingerprint density at radius 2 is 0.742 bits per heavy atom. The fourth-order valence-corrected chi connectivity index (χ4v) is 3.61. The number of nitrogens with zero attached hydrogens (tertiary/aromatic N) is 3. The summed E-state index contributed by atoms with van der Waals surface area (Å²) in [5, 5.41) is 6.79. The lowest BCUT2D eigenvalue weighted by molar-refractivity contribution is 0.202. The van der Waals surface area contributed by atoms with Gasteiger partial charge in [-0.25, -0.2) is 0 Å². The molecule has 0 radical (unpaired) electrons. The Hall–Kier alpha value is -0.400. The standard InChI is InChI=1S/C21H54N10/c22-4-9-27-11-18-30(14-3-1-2-13-29(15-6-24)16-7-25)20-21-31(17-8-26)19-12-28-10-5-23/h27-28H,1-26H2. The van der Waals surface area contributed by atoms with Crippen molar-refractivity contribution in [2.24, 2.45) is 28.7 Å². The van der Waals surface area contributed by atoms with Gasteiger partial charge in [-0.1, -0.05) is 6.42 Å². The van der Waals surface area contributed by atoms with Crippen LogP contribution in [0, 0.1) is 0 Å². The van der Waals surface area contributed by atoms with E-state index in [1.807, 2.05) is 0 Å². The summed E-state index contributed by atoms with van der Waals surface area (Å²) in [6, 6.07) is 0. The molecule has 10 heteroatoms. The topological polar surface area (TPSA) is 164 Å². The molecule has 12 N–H and O–H groups in total. The van der Waals surface area contributed by atoms with E-state index in [2.05, 4.69) is 25.3 Å². The number of rotatable bonds is 25. The fraction of sp³-hybridized carbons (Fsp3) is 1.00. The Balaban J connectivity index is 4.31. The van der Waals surface area contributed by atoms with Gasteiger partial charge in [-0.15, -0.1) is 0 Å². The van der Waals surface area contributed by atoms with E-state index in [4.69, 9.17) is 28.7 Å². The summed E-state index contributed by atoms with van der Waals surface area (Å²) in [5.74, 6) is 0. The second-order valence-electron chi connectivity index (χ2n) is 8.03. The van der Waals surface area contributed by atoms with Crippen LogP contribution >= 0.6 is 0 Å². The summed E-state index contributed by atoms with van der Waals surface area (Å²) < 4.78 is 0. The predicted molar refractivity (Wildman–Crippen MR) is 134 cm³/mol. The van der Waals surface area contributed by atoms with Crippen LogP contribution in [0.3, 0.4) is 0 Å². The zero-order valence-corrected chi connectivity index (χ0v) is 20.1. The molecule has 0 aromatic carbocycles. The molecular weight excluding hydrogens is 392 g/mol. The largest absolute Gasteiger partial charge is 0.329 e. The average Bonchev–Trinajstić information content (AvgIpc) is 2.77. The zero-order valence-electron chi connectivity index (χ0n) is 20.1. The molecule has 0 rings (SSSR count).